The fourth-order valence-corrected chi connectivity index (χ4v) is 5.28. The molecule has 160 valence electrons. The monoisotopic (exact) mass is 445 g/mol. The fourth-order valence-electron chi connectivity index (χ4n) is 4.14. The number of nitrogens with one attached hydrogen (secondary N) is 1. The lowest BCUT2D eigenvalue weighted by Crippen LogP contribution is -2.40. The van der Waals surface area contributed by atoms with Crippen LogP contribution >= 0.6 is 11.3 Å². The number of rotatable bonds is 3. The maximum atomic E-state index is 13.7. The van der Waals surface area contributed by atoms with Crippen LogP contribution < -0.4 is 20.2 Å². The Balaban J connectivity index is 1.83. The van der Waals surface area contributed by atoms with Crippen molar-refractivity contribution in [3.05, 3.63) is 96.7 Å². The van der Waals surface area contributed by atoms with Crippen LogP contribution in [0.3, 0.4) is 0 Å². The number of nitrogens with zero attached hydrogens (tertiary/aromatic N) is 2. The molecule has 0 fully saturated rings. The molecule has 0 aliphatic carbocycles. The summed E-state index contributed by atoms with van der Waals surface area (Å²) in [5.74, 6) is -0.835. The van der Waals surface area contributed by atoms with Gasteiger partial charge in [0, 0.05) is 11.3 Å². The van der Waals surface area contributed by atoms with Crippen molar-refractivity contribution in [2.45, 2.75) is 19.9 Å². The Hall–Kier alpha value is -3.78. The molecular weight excluding hydrogens is 426 g/mol. The molecular formula is C24H19N3O4S. The Morgan fingerprint density at radius 1 is 1.12 bits per heavy atom. The summed E-state index contributed by atoms with van der Waals surface area (Å²) in [5.41, 5.74) is 2.89. The number of thiazole rings is 1. The summed E-state index contributed by atoms with van der Waals surface area (Å²) in [6.07, 6.45) is 0. The van der Waals surface area contributed by atoms with E-state index in [1.54, 1.807) is 19.9 Å². The quantitative estimate of drug-likeness (QED) is 0.626. The maximum absolute atomic E-state index is 13.7. The van der Waals surface area contributed by atoms with Gasteiger partial charge in [-0.15, -0.1) is 0 Å². The molecule has 1 atom stereocenters. The van der Waals surface area contributed by atoms with Crippen LogP contribution in [0.4, 0.5) is 5.69 Å². The second-order valence-corrected chi connectivity index (χ2v) is 8.39. The molecule has 1 aromatic heterocycles. The van der Waals surface area contributed by atoms with E-state index >= 15 is 0 Å². The summed E-state index contributed by atoms with van der Waals surface area (Å²) in [5, 5.41) is 2.82. The van der Waals surface area contributed by atoms with Gasteiger partial charge in [-0.3, -0.25) is 14.2 Å². The third-order valence-electron chi connectivity index (χ3n) is 5.51. The third-order valence-corrected chi connectivity index (χ3v) is 6.56. The van der Waals surface area contributed by atoms with Crippen LogP contribution in [0.5, 0.6) is 0 Å². The van der Waals surface area contributed by atoms with Crippen LogP contribution in [0.2, 0.25) is 0 Å². The van der Waals surface area contributed by atoms with E-state index in [4.69, 9.17) is 4.74 Å². The highest BCUT2D eigenvalue weighted by Crippen LogP contribution is 2.32. The van der Waals surface area contributed by atoms with Gasteiger partial charge in [-0.1, -0.05) is 59.9 Å². The van der Waals surface area contributed by atoms with E-state index in [2.05, 4.69) is 10.3 Å². The van der Waals surface area contributed by atoms with Crippen molar-refractivity contribution in [1.29, 1.82) is 0 Å². The first-order valence-corrected chi connectivity index (χ1v) is 11.0. The molecule has 32 heavy (non-hydrogen) atoms. The highest BCUT2D eigenvalue weighted by molar-refractivity contribution is 7.07. The number of hydrogen-bond donors (Lipinski definition) is 1. The van der Waals surface area contributed by atoms with Crippen LogP contribution in [-0.2, 0) is 14.3 Å². The minimum Gasteiger partial charge on any atom is -0.463 e. The van der Waals surface area contributed by atoms with Crippen LogP contribution in [0.15, 0.2) is 75.7 Å². The summed E-state index contributed by atoms with van der Waals surface area (Å²) in [6.45, 7) is 3.68. The molecule has 2 aliphatic rings. The largest absolute Gasteiger partial charge is 0.463 e. The van der Waals surface area contributed by atoms with Crippen molar-refractivity contribution >= 4 is 34.5 Å². The molecule has 3 heterocycles. The average molecular weight is 446 g/mol. The van der Waals surface area contributed by atoms with Gasteiger partial charge in [0.15, 0.2) is 4.80 Å². The average Bonchev–Trinajstić information content (AvgIpc) is 3.28. The SMILES string of the molecule is CCOC(=O)C1=C(C)N=c2s/c(=C3/C(=O)Nc4ccccc43)c(=O)n2[C@@H]1c1ccccc1. The predicted octanol–water partition coefficient (Wildman–Crippen LogP) is 2.12. The molecule has 1 N–H and O–H groups in total. The van der Waals surface area contributed by atoms with Gasteiger partial charge in [0.25, 0.3) is 11.5 Å². The van der Waals surface area contributed by atoms with Gasteiger partial charge < -0.3 is 10.1 Å². The molecule has 3 aromatic rings. The van der Waals surface area contributed by atoms with E-state index in [0.29, 0.717) is 37.4 Å². The molecule has 5 rings (SSSR count). The number of aromatic nitrogens is 1. The third kappa shape index (κ3) is 3.03. The number of hydrogen-bond acceptors (Lipinski definition) is 6. The lowest BCUT2D eigenvalue weighted by atomic mass is 9.96. The Bertz CT molecular complexity index is 1480. The fraction of sp³-hybridized carbons (Fsp3) is 0.167. The van der Waals surface area contributed by atoms with Gasteiger partial charge in [-0.2, -0.15) is 0 Å². The second kappa shape index (κ2) is 7.72. The predicted molar refractivity (Wildman–Crippen MR) is 121 cm³/mol. The number of benzene rings is 2. The summed E-state index contributed by atoms with van der Waals surface area (Å²) < 4.78 is 7.08. The van der Waals surface area contributed by atoms with E-state index < -0.39 is 12.0 Å². The Morgan fingerprint density at radius 2 is 1.84 bits per heavy atom. The van der Waals surface area contributed by atoms with Crippen molar-refractivity contribution in [2.24, 2.45) is 4.99 Å². The maximum Gasteiger partial charge on any atom is 0.338 e. The molecule has 0 bridgehead atoms. The van der Waals surface area contributed by atoms with Crippen molar-refractivity contribution in [1.82, 2.24) is 4.57 Å². The minimum absolute atomic E-state index is 0.211. The smallest absolute Gasteiger partial charge is 0.338 e. The van der Waals surface area contributed by atoms with Crippen molar-refractivity contribution in [3.8, 4) is 0 Å². The highest BCUT2D eigenvalue weighted by atomic mass is 32.1. The molecule has 0 spiro atoms. The van der Waals surface area contributed by atoms with Gasteiger partial charge in [0.2, 0.25) is 0 Å². The number of carbonyl (C=O) groups excluding carboxylic acids is 2. The van der Waals surface area contributed by atoms with Crippen LogP contribution in [0.1, 0.15) is 31.0 Å². The zero-order valence-electron chi connectivity index (χ0n) is 17.4. The second-order valence-electron chi connectivity index (χ2n) is 7.41. The van der Waals surface area contributed by atoms with Crippen molar-refractivity contribution < 1.29 is 14.3 Å². The molecule has 1 amide bonds. The van der Waals surface area contributed by atoms with E-state index in [9.17, 15) is 14.4 Å². The van der Waals surface area contributed by atoms with Gasteiger partial charge in [-0.25, -0.2) is 9.79 Å². The van der Waals surface area contributed by atoms with Crippen LogP contribution in [0.25, 0.3) is 5.57 Å². The number of ether oxygens (including phenoxy) is 1. The highest BCUT2D eigenvalue weighted by Gasteiger charge is 2.34. The number of fused-ring (bicyclic) bond motifs is 2. The number of para-hydroxylation sites is 1. The van der Waals surface area contributed by atoms with E-state index in [1.165, 1.54) is 4.57 Å². The standard InChI is InChI=1S/C24H19N3O4S/c1-3-31-23(30)17-13(2)25-24-27(19(17)14-9-5-4-6-10-14)22(29)20(32-24)18-15-11-7-8-12-16(15)26-21(18)28/h4-12,19H,3H2,1-2H3,(H,26,28)/b20-18+/t19-/m1/s1. The first kappa shape index (κ1) is 20.1. The Kier molecular flexibility index (Phi) is 4.86. The molecule has 0 saturated carbocycles. The van der Waals surface area contributed by atoms with Gasteiger partial charge in [0.1, 0.15) is 4.53 Å². The van der Waals surface area contributed by atoms with Gasteiger partial charge >= 0.3 is 5.97 Å². The number of esters is 1. The summed E-state index contributed by atoms with van der Waals surface area (Å²) in [6, 6.07) is 15.9. The zero-order chi connectivity index (χ0) is 22.4. The number of allylic oxidation sites excluding steroid dienone is 1. The lowest BCUT2D eigenvalue weighted by Gasteiger charge is -2.24. The topological polar surface area (TPSA) is 89.8 Å². The first-order valence-electron chi connectivity index (χ1n) is 10.2. The molecule has 0 radical (unpaired) electrons. The zero-order valence-corrected chi connectivity index (χ0v) is 18.2. The summed E-state index contributed by atoms with van der Waals surface area (Å²) >= 11 is 1.16. The molecule has 8 heteroatoms. The van der Waals surface area contributed by atoms with Crippen molar-refractivity contribution in [2.75, 3.05) is 11.9 Å². The molecule has 2 aliphatic heterocycles. The van der Waals surface area contributed by atoms with Gasteiger partial charge in [-0.05, 0) is 25.5 Å². The van der Waals surface area contributed by atoms with E-state index in [-0.39, 0.29) is 18.1 Å². The van der Waals surface area contributed by atoms with Crippen LogP contribution in [-0.4, -0.2) is 23.1 Å². The molecule has 0 unspecified atom stereocenters. The van der Waals surface area contributed by atoms with E-state index in [0.717, 1.165) is 16.9 Å². The van der Waals surface area contributed by atoms with Gasteiger partial charge in [0.05, 0.1) is 29.5 Å². The van der Waals surface area contributed by atoms with Crippen LogP contribution in [0, 0.1) is 0 Å². The molecule has 2 aromatic carbocycles. The number of amides is 1. The number of carbonyl (C=O) groups is 2. The summed E-state index contributed by atoms with van der Waals surface area (Å²) in [7, 11) is 0. The summed E-state index contributed by atoms with van der Waals surface area (Å²) in [4.78, 5) is 44.3. The normalized spacial score (nSPS) is 18.6. The Labute approximate surface area is 187 Å². The first-order chi connectivity index (χ1) is 15.5. The van der Waals surface area contributed by atoms with Crippen molar-refractivity contribution in [3.63, 3.8) is 0 Å². The molecule has 0 saturated heterocycles. The van der Waals surface area contributed by atoms with E-state index in [1.807, 2.05) is 48.5 Å². The number of anilines is 1. The Morgan fingerprint density at radius 3 is 2.59 bits per heavy atom. The minimum atomic E-state index is -0.694. The lowest BCUT2D eigenvalue weighted by molar-refractivity contribution is -0.139. The molecule has 7 nitrogen and oxygen atoms in total.